The maximum atomic E-state index is 13.1. The van der Waals surface area contributed by atoms with Crippen LogP contribution < -0.4 is 15.4 Å². The van der Waals surface area contributed by atoms with E-state index >= 15 is 0 Å². The second-order valence-electron chi connectivity index (χ2n) is 7.26. The predicted molar refractivity (Wildman–Crippen MR) is 111 cm³/mol. The number of nitrogens with two attached hydrogens (primary N) is 1. The first-order chi connectivity index (χ1) is 13.8. The highest BCUT2D eigenvalue weighted by molar-refractivity contribution is 6.31. The molecule has 4 rings (SSSR count). The van der Waals surface area contributed by atoms with E-state index in [0.29, 0.717) is 5.75 Å². The molecule has 1 aliphatic carbocycles. The summed E-state index contributed by atoms with van der Waals surface area (Å²) in [6.07, 6.45) is 0. The van der Waals surface area contributed by atoms with Gasteiger partial charge in [0.25, 0.3) is 0 Å². The molecular weight excluding hydrogens is 368 g/mol. The SMILES string of the molecule is Cc1ccc2c(c1)C(=O)c1c(N)c(Oc3cccc(N(C)C)c3)cc(O)c1C2=O. The van der Waals surface area contributed by atoms with Crippen molar-refractivity contribution in [3.63, 3.8) is 0 Å². The van der Waals surface area contributed by atoms with Gasteiger partial charge in [-0.25, -0.2) is 0 Å². The monoisotopic (exact) mass is 388 g/mol. The van der Waals surface area contributed by atoms with E-state index in [0.717, 1.165) is 11.3 Å². The third kappa shape index (κ3) is 2.99. The number of ether oxygens (including phenoxy) is 1. The van der Waals surface area contributed by atoms with Gasteiger partial charge in [-0.05, 0) is 25.1 Å². The van der Waals surface area contributed by atoms with Gasteiger partial charge in [0.05, 0.1) is 16.8 Å². The number of phenols is 1. The number of hydrogen-bond donors (Lipinski definition) is 2. The molecule has 29 heavy (non-hydrogen) atoms. The number of nitrogen functional groups attached to an aromatic ring is 1. The molecule has 0 bridgehead atoms. The number of carbonyl (C=O) groups excluding carboxylic acids is 2. The van der Waals surface area contributed by atoms with Gasteiger partial charge in [-0.1, -0.05) is 23.8 Å². The quantitative estimate of drug-likeness (QED) is 0.408. The highest BCUT2D eigenvalue weighted by atomic mass is 16.5. The van der Waals surface area contributed by atoms with Crippen molar-refractivity contribution >= 4 is 22.9 Å². The number of benzene rings is 3. The Hall–Kier alpha value is -3.80. The molecule has 0 heterocycles. The molecule has 146 valence electrons. The number of nitrogens with zero attached hydrogens (tertiary/aromatic N) is 1. The van der Waals surface area contributed by atoms with E-state index in [-0.39, 0.29) is 39.4 Å². The van der Waals surface area contributed by atoms with Crippen LogP contribution >= 0.6 is 0 Å². The molecule has 0 fully saturated rings. The van der Waals surface area contributed by atoms with Gasteiger partial charge < -0.3 is 20.5 Å². The molecule has 0 aliphatic heterocycles. The van der Waals surface area contributed by atoms with Crippen molar-refractivity contribution in [1.82, 2.24) is 0 Å². The number of carbonyl (C=O) groups is 2. The molecule has 0 radical (unpaired) electrons. The van der Waals surface area contributed by atoms with Crippen molar-refractivity contribution in [2.24, 2.45) is 0 Å². The van der Waals surface area contributed by atoms with Crippen molar-refractivity contribution < 1.29 is 19.4 Å². The van der Waals surface area contributed by atoms with Crippen LogP contribution in [0.2, 0.25) is 0 Å². The van der Waals surface area contributed by atoms with Crippen molar-refractivity contribution in [2.45, 2.75) is 6.92 Å². The number of ketones is 2. The third-order valence-electron chi connectivity index (χ3n) is 4.99. The average Bonchev–Trinajstić information content (AvgIpc) is 2.68. The molecule has 0 spiro atoms. The first kappa shape index (κ1) is 18.6. The Kier molecular flexibility index (Phi) is 4.27. The molecule has 3 aromatic carbocycles. The molecule has 3 N–H and O–H groups in total. The minimum absolute atomic E-state index is 0.0214. The lowest BCUT2D eigenvalue weighted by Gasteiger charge is -2.22. The van der Waals surface area contributed by atoms with Crippen molar-refractivity contribution in [3.8, 4) is 17.2 Å². The summed E-state index contributed by atoms with van der Waals surface area (Å²) < 4.78 is 5.87. The molecule has 0 aromatic heterocycles. The number of aromatic hydroxyl groups is 1. The fraction of sp³-hybridized carbons (Fsp3) is 0.130. The Balaban J connectivity index is 1.84. The second-order valence-corrected chi connectivity index (χ2v) is 7.26. The van der Waals surface area contributed by atoms with Crippen LogP contribution in [-0.2, 0) is 0 Å². The van der Waals surface area contributed by atoms with Crippen LogP contribution in [0, 0.1) is 6.92 Å². The zero-order valence-electron chi connectivity index (χ0n) is 16.3. The number of phenolic OH excluding ortho intramolecular Hbond substituents is 1. The highest BCUT2D eigenvalue weighted by Gasteiger charge is 2.35. The molecule has 0 saturated carbocycles. The Morgan fingerprint density at radius 2 is 1.66 bits per heavy atom. The van der Waals surface area contributed by atoms with Gasteiger partial charge in [-0.2, -0.15) is 0 Å². The molecule has 6 nitrogen and oxygen atoms in total. The van der Waals surface area contributed by atoms with E-state index in [1.165, 1.54) is 6.07 Å². The lowest BCUT2D eigenvalue weighted by molar-refractivity contribution is 0.0977. The summed E-state index contributed by atoms with van der Waals surface area (Å²) in [5.41, 5.74) is 8.47. The molecule has 3 aromatic rings. The van der Waals surface area contributed by atoms with E-state index in [1.807, 2.05) is 44.1 Å². The van der Waals surface area contributed by atoms with E-state index in [4.69, 9.17) is 10.5 Å². The van der Waals surface area contributed by atoms with Crippen LogP contribution in [0.1, 0.15) is 37.4 Å². The molecule has 0 unspecified atom stereocenters. The molecule has 0 atom stereocenters. The summed E-state index contributed by atoms with van der Waals surface area (Å²) in [5.74, 6) is -0.557. The standard InChI is InChI=1S/C23H20N2O4/c1-12-7-8-15-16(9-12)23(28)20-19(22(15)27)17(26)11-18(21(20)24)29-14-6-4-5-13(10-14)25(2)3/h4-11,26H,24H2,1-3H3. The molecule has 0 amide bonds. The first-order valence-corrected chi connectivity index (χ1v) is 9.08. The van der Waals surface area contributed by atoms with Crippen molar-refractivity contribution in [3.05, 3.63) is 76.3 Å². The van der Waals surface area contributed by atoms with E-state index in [9.17, 15) is 14.7 Å². The van der Waals surface area contributed by atoms with Crippen molar-refractivity contribution in [1.29, 1.82) is 0 Å². The van der Waals surface area contributed by atoms with Gasteiger partial charge in [0.2, 0.25) is 0 Å². The highest BCUT2D eigenvalue weighted by Crippen LogP contribution is 2.42. The fourth-order valence-corrected chi connectivity index (χ4v) is 3.48. The van der Waals surface area contributed by atoms with E-state index in [2.05, 4.69) is 0 Å². The maximum Gasteiger partial charge on any atom is 0.198 e. The maximum absolute atomic E-state index is 13.1. The third-order valence-corrected chi connectivity index (χ3v) is 4.99. The van der Waals surface area contributed by atoms with Gasteiger partial charge in [-0.15, -0.1) is 0 Å². The fourth-order valence-electron chi connectivity index (χ4n) is 3.48. The topological polar surface area (TPSA) is 92.9 Å². The van der Waals surface area contributed by atoms with Crippen LogP contribution in [0.3, 0.4) is 0 Å². The minimum Gasteiger partial charge on any atom is -0.507 e. The van der Waals surface area contributed by atoms with Crippen LogP contribution in [-0.4, -0.2) is 30.8 Å². The van der Waals surface area contributed by atoms with Crippen LogP contribution in [0.15, 0.2) is 48.5 Å². The van der Waals surface area contributed by atoms with Crippen molar-refractivity contribution in [2.75, 3.05) is 24.7 Å². The van der Waals surface area contributed by atoms with Gasteiger partial charge in [0.15, 0.2) is 17.3 Å². The Morgan fingerprint density at radius 1 is 0.931 bits per heavy atom. The number of aryl methyl sites for hydroxylation is 1. The van der Waals surface area contributed by atoms with Crippen LogP contribution in [0.5, 0.6) is 17.2 Å². The van der Waals surface area contributed by atoms with Crippen LogP contribution in [0.4, 0.5) is 11.4 Å². The Labute approximate surface area is 168 Å². The number of anilines is 2. The zero-order valence-corrected chi connectivity index (χ0v) is 16.3. The minimum atomic E-state index is -0.431. The van der Waals surface area contributed by atoms with Gasteiger partial charge in [-0.3, -0.25) is 9.59 Å². The Bertz CT molecular complexity index is 1180. The molecule has 6 heteroatoms. The van der Waals surface area contributed by atoms with E-state index < -0.39 is 11.6 Å². The van der Waals surface area contributed by atoms with Gasteiger partial charge >= 0.3 is 0 Å². The normalized spacial score (nSPS) is 12.4. The lowest BCUT2D eigenvalue weighted by atomic mass is 9.82. The summed E-state index contributed by atoms with van der Waals surface area (Å²) in [4.78, 5) is 28.0. The molecule has 0 saturated heterocycles. The summed E-state index contributed by atoms with van der Waals surface area (Å²) >= 11 is 0. The number of hydrogen-bond acceptors (Lipinski definition) is 6. The van der Waals surface area contributed by atoms with Gasteiger partial charge in [0, 0.05) is 43.0 Å². The molecule has 1 aliphatic rings. The van der Waals surface area contributed by atoms with Gasteiger partial charge in [0.1, 0.15) is 11.5 Å². The first-order valence-electron chi connectivity index (χ1n) is 9.08. The Morgan fingerprint density at radius 3 is 2.38 bits per heavy atom. The van der Waals surface area contributed by atoms with E-state index in [1.54, 1.807) is 24.3 Å². The number of fused-ring (bicyclic) bond motifs is 2. The summed E-state index contributed by atoms with van der Waals surface area (Å²) in [6, 6.07) is 13.6. The average molecular weight is 388 g/mol. The largest absolute Gasteiger partial charge is 0.507 e. The summed E-state index contributed by atoms with van der Waals surface area (Å²) in [6.45, 7) is 1.84. The lowest BCUT2D eigenvalue weighted by Crippen LogP contribution is -2.23. The molecular formula is C23H20N2O4. The predicted octanol–water partition coefficient (Wildman–Crippen LogP) is 3.92. The second kappa shape index (κ2) is 6.67. The number of rotatable bonds is 3. The smallest absolute Gasteiger partial charge is 0.198 e. The van der Waals surface area contributed by atoms with Crippen LogP contribution in [0.25, 0.3) is 0 Å². The summed E-state index contributed by atoms with van der Waals surface area (Å²) in [7, 11) is 3.81. The summed E-state index contributed by atoms with van der Waals surface area (Å²) in [5, 5.41) is 10.5. The zero-order chi connectivity index (χ0) is 20.9.